The van der Waals surface area contributed by atoms with Gasteiger partial charge in [-0.2, -0.15) is 0 Å². The van der Waals surface area contributed by atoms with E-state index < -0.39 is 0 Å². The second-order valence-electron chi connectivity index (χ2n) is 10.1. The third kappa shape index (κ3) is 7.14. The van der Waals surface area contributed by atoms with Crippen LogP contribution in [0.3, 0.4) is 0 Å². The summed E-state index contributed by atoms with van der Waals surface area (Å²) in [6.45, 7) is 8.89. The molecule has 39 heavy (non-hydrogen) atoms. The third-order valence-corrected chi connectivity index (χ3v) is 7.19. The average molecular weight is 525 g/mol. The number of amides is 1. The number of nitrogens with zero attached hydrogens (tertiary/aromatic N) is 5. The fourth-order valence-electron chi connectivity index (χ4n) is 4.85. The predicted octanol–water partition coefficient (Wildman–Crippen LogP) is 3.26. The van der Waals surface area contributed by atoms with Crippen LogP contribution in [0.2, 0.25) is 0 Å². The van der Waals surface area contributed by atoms with Crippen LogP contribution in [-0.2, 0) is 6.54 Å². The van der Waals surface area contributed by atoms with E-state index in [9.17, 15) is 4.79 Å². The van der Waals surface area contributed by atoms with Crippen LogP contribution in [0, 0.1) is 5.92 Å². The van der Waals surface area contributed by atoms with Crippen molar-refractivity contribution in [1.82, 2.24) is 30.1 Å². The number of piperazine rings is 1. The summed E-state index contributed by atoms with van der Waals surface area (Å²) in [5.41, 5.74) is 11.0. The van der Waals surface area contributed by atoms with E-state index in [0.717, 1.165) is 68.3 Å². The Balaban J connectivity index is 1.18. The second kappa shape index (κ2) is 12.8. The van der Waals surface area contributed by atoms with Crippen molar-refractivity contribution >= 4 is 11.9 Å². The standard InChI is InChI=1S/C30H36N8O/c1-22-4-9-26(19-28(22)36-30-33-13-10-27(35-30)25-3-2-12-32-20-25)34-29(39)24-7-5-23(6-8-24)21-38-17-15-37(14-11-31)16-18-38/h2-3,5-10,12-13,19-20,22H,4,11,14-18,21,31H2,1H3,(H,34,39)(H,33,35,36). The highest BCUT2D eigenvalue weighted by atomic mass is 16.1. The largest absolute Gasteiger partial charge is 0.329 e. The Morgan fingerprint density at radius 2 is 1.85 bits per heavy atom. The molecule has 202 valence electrons. The Morgan fingerprint density at radius 3 is 2.59 bits per heavy atom. The van der Waals surface area contributed by atoms with E-state index in [1.165, 1.54) is 5.56 Å². The molecule has 4 N–H and O–H groups in total. The number of anilines is 1. The summed E-state index contributed by atoms with van der Waals surface area (Å²) >= 11 is 0. The zero-order valence-corrected chi connectivity index (χ0v) is 22.4. The topological polar surface area (TPSA) is 112 Å². The van der Waals surface area contributed by atoms with Gasteiger partial charge in [0.15, 0.2) is 0 Å². The fraction of sp³-hybridized carbons (Fsp3) is 0.333. The Labute approximate surface area is 229 Å². The Kier molecular flexibility index (Phi) is 8.72. The number of aromatic nitrogens is 3. The average Bonchev–Trinajstić information content (AvgIpc) is 2.97. The van der Waals surface area contributed by atoms with E-state index in [1.54, 1.807) is 18.6 Å². The van der Waals surface area contributed by atoms with E-state index in [4.69, 9.17) is 5.73 Å². The van der Waals surface area contributed by atoms with Gasteiger partial charge in [0.1, 0.15) is 0 Å². The maximum atomic E-state index is 13.0. The minimum absolute atomic E-state index is 0.122. The molecule has 1 aliphatic carbocycles. The van der Waals surface area contributed by atoms with Crippen LogP contribution in [-0.4, -0.2) is 69.9 Å². The summed E-state index contributed by atoms with van der Waals surface area (Å²) in [6, 6.07) is 13.6. The van der Waals surface area contributed by atoms with E-state index in [2.05, 4.69) is 48.4 Å². The van der Waals surface area contributed by atoms with E-state index >= 15 is 0 Å². The van der Waals surface area contributed by atoms with Gasteiger partial charge < -0.3 is 16.4 Å². The number of allylic oxidation sites excluding steroid dienone is 3. The summed E-state index contributed by atoms with van der Waals surface area (Å²) in [5.74, 6) is 0.634. The number of benzene rings is 1. The lowest BCUT2D eigenvalue weighted by Gasteiger charge is -2.34. The number of nitrogens with two attached hydrogens (primary N) is 1. The predicted molar refractivity (Wildman–Crippen MR) is 154 cm³/mol. The van der Waals surface area contributed by atoms with Crippen LogP contribution in [0.1, 0.15) is 29.3 Å². The molecule has 9 heteroatoms. The summed E-state index contributed by atoms with van der Waals surface area (Å²) in [4.78, 5) is 31.1. The molecule has 2 aliphatic rings. The molecule has 1 aliphatic heterocycles. The number of hydrogen-bond donors (Lipinski definition) is 3. The SMILES string of the molecule is CC1CC=C(NC(=O)c2ccc(CN3CCN(CCN)CC3)cc2)C=C1Nc1nccc(-c2cccnc2)n1. The minimum atomic E-state index is -0.122. The molecule has 0 bridgehead atoms. The molecule has 5 rings (SSSR count). The zero-order valence-electron chi connectivity index (χ0n) is 22.4. The lowest BCUT2D eigenvalue weighted by atomic mass is 9.97. The van der Waals surface area contributed by atoms with E-state index in [1.807, 2.05) is 48.5 Å². The van der Waals surface area contributed by atoms with Crippen LogP contribution < -0.4 is 16.4 Å². The van der Waals surface area contributed by atoms with Crippen LogP contribution in [0.5, 0.6) is 0 Å². The van der Waals surface area contributed by atoms with Crippen molar-refractivity contribution in [3.05, 3.63) is 95.7 Å². The van der Waals surface area contributed by atoms with Crippen LogP contribution in [0.4, 0.5) is 5.95 Å². The zero-order chi connectivity index (χ0) is 27.0. The molecule has 1 fully saturated rings. The summed E-state index contributed by atoms with van der Waals surface area (Å²) in [7, 11) is 0. The summed E-state index contributed by atoms with van der Waals surface area (Å²) < 4.78 is 0. The minimum Gasteiger partial charge on any atom is -0.329 e. The highest BCUT2D eigenvalue weighted by Crippen LogP contribution is 2.24. The summed E-state index contributed by atoms with van der Waals surface area (Å²) in [6.07, 6.45) is 10.1. The van der Waals surface area contributed by atoms with Gasteiger partial charge in [-0.05, 0) is 54.3 Å². The Morgan fingerprint density at radius 1 is 1.05 bits per heavy atom. The normalized spacial score (nSPS) is 18.3. The molecule has 0 radical (unpaired) electrons. The molecule has 1 aromatic carbocycles. The molecular formula is C30H36N8O. The van der Waals surface area contributed by atoms with Crippen molar-refractivity contribution in [1.29, 1.82) is 0 Å². The highest BCUT2D eigenvalue weighted by Gasteiger charge is 2.18. The lowest BCUT2D eigenvalue weighted by molar-refractivity contribution is 0.0966. The van der Waals surface area contributed by atoms with Gasteiger partial charge in [-0.15, -0.1) is 0 Å². The van der Waals surface area contributed by atoms with Crippen molar-refractivity contribution in [3.8, 4) is 11.3 Å². The first kappa shape index (κ1) is 26.7. The van der Waals surface area contributed by atoms with Gasteiger partial charge >= 0.3 is 0 Å². The van der Waals surface area contributed by atoms with Crippen molar-refractivity contribution in [3.63, 3.8) is 0 Å². The van der Waals surface area contributed by atoms with Gasteiger partial charge in [0, 0.05) is 86.9 Å². The van der Waals surface area contributed by atoms with Crippen LogP contribution >= 0.6 is 0 Å². The highest BCUT2D eigenvalue weighted by molar-refractivity contribution is 5.95. The van der Waals surface area contributed by atoms with Gasteiger partial charge in [-0.1, -0.05) is 25.1 Å². The first-order valence-corrected chi connectivity index (χ1v) is 13.5. The van der Waals surface area contributed by atoms with E-state index in [0.29, 0.717) is 18.1 Å². The van der Waals surface area contributed by atoms with Gasteiger partial charge in [0.2, 0.25) is 5.95 Å². The van der Waals surface area contributed by atoms with Gasteiger partial charge in [0.05, 0.1) is 5.69 Å². The van der Waals surface area contributed by atoms with Crippen LogP contribution in [0.15, 0.2) is 84.6 Å². The monoisotopic (exact) mass is 524 g/mol. The molecule has 1 atom stereocenters. The molecular weight excluding hydrogens is 488 g/mol. The molecule has 3 aromatic rings. The van der Waals surface area contributed by atoms with Crippen molar-refractivity contribution in [2.24, 2.45) is 11.7 Å². The lowest BCUT2D eigenvalue weighted by Crippen LogP contribution is -2.47. The van der Waals surface area contributed by atoms with Crippen molar-refractivity contribution in [2.75, 3.05) is 44.6 Å². The number of hydrogen-bond acceptors (Lipinski definition) is 8. The van der Waals surface area contributed by atoms with Crippen molar-refractivity contribution in [2.45, 2.75) is 19.9 Å². The first-order chi connectivity index (χ1) is 19.1. The second-order valence-corrected chi connectivity index (χ2v) is 10.1. The number of carbonyl (C=O) groups is 1. The molecule has 2 aromatic heterocycles. The molecule has 1 unspecified atom stereocenters. The number of nitrogens with one attached hydrogen (secondary N) is 2. The Hall–Kier alpha value is -3.92. The fourth-order valence-corrected chi connectivity index (χ4v) is 4.85. The molecule has 0 spiro atoms. The van der Waals surface area contributed by atoms with Gasteiger partial charge in [0.25, 0.3) is 5.91 Å². The maximum Gasteiger partial charge on any atom is 0.255 e. The number of rotatable bonds is 9. The van der Waals surface area contributed by atoms with Gasteiger partial charge in [-0.25, -0.2) is 9.97 Å². The smallest absolute Gasteiger partial charge is 0.255 e. The summed E-state index contributed by atoms with van der Waals surface area (Å²) in [5, 5.41) is 6.41. The quantitative estimate of drug-likeness (QED) is 0.391. The third-order valence-electron chi connectivity index (χ3n) is 7.19. The van der Waals surface area contributed by atoms with E-state index in [-0.39, 0.29) is 11.8 Å². The number of pyridine rings is 1. The van der Waals surface area contributed by atoms with Crippen LogP contribution in [0.25, 0.3) is 11.3 Å². The number of carbonyl (C=O) groups excluding carboxylic acids is 1. The molecule has 9 nitrogen and oxygen atoms in total. The molecule has 3 heterocycles. The van der Waals surface area contributed by atoms with Crippen molar-refractivity contribution < 1.29 is 4.79 Å². The molecule has 1 amide bonds. The molecule has 1 saturated heterocycles. The maximum absolute atomic E-state index is 13.0. The van der Waals surface area contributed by atoms with Gasteiger partial charge in [-0.3, -0.25) is 19.6 Å². The Bertz CT molecular complexity index is 1310. The molecule has 0 saturated carbocycles. The first-order valence-electron chi connectivity index (χ1n) is 13.5.